The molecule has 0 saturated heterocycles. The smallest absolute Gasteiger partial charge is 0.277 e. The molecule has 0 unspecified atom stereocenters. The van der Waals surface area contributed by atoms with E-state index in [4.69, 9.17) is 0 Å². The van der Waals surface area contributed by atoms with E-state index in [0.29, 0.717) is 10.9 Å². The van der Waals surface area contributed by atoms with Gasteiger partial charge in [-0.3, -0.25) is 10.1 Å². The van der Waals surface area contributed by atoms with Crippen molar-refractivity contribution < 1.29 is 22.1 Å². The highest BCUT2D eigenvalue weighted by Crippen LogP contribution is 2.50. The molecule has 3 aromatic rings. The summed E-state index contributed by atoms with van der Waals surface area (Å²) in [6, 6.07) is 12.7. The van der Waals surface area contributed by atoms with E-state index in [1.165, 1.54) is 18.2 Å². The highest BCUT2D eigenvalue weighted by atomic mass is 32.3. The number of non-ortho nitro benzene ring substituents is 1. The Hall–Kier alpha value is -2.97. The number of hydrogen-bond donors (Lipinski definition) is 0. The molecule has 0 N–H and O–H groups in total. The van der Waals surface area contributed by atoms with Gasteiger partial charge in [-0.1, -0.05) is 12.1 Å². The summed E-state index contributed by atoms with van der Waals surface area (Å²) in [7, 11) is -4.87. The largest absolute Gasteiger partial charge is 0.716 e. The zero-order valence-electron chi connectivity index (χ0n) is 11.9. The van der Waals surface area contributed by atoms with Crippen LogP contribution in [0.4, 0.5) is 5.69 Å². The summed E-state index contributed by atoms with van der Waals surface area (Å²) in [5, 5.41) is 12.5. The van der Waals surface area contributed by atoms with E-state index < -0.39 is 15.3 Å². The molecule has 0 radical (unpaired) electrons. The molecule has 0 bridgehead atoms. The molecule has 3 aromatic carbocycles. The topological polar surface area (TPSA) is 110 Å². The van der Waals surface area contributed by atoms with Crippen LogP contribution in [0, 0.1) is 10.1 Å². The van der Waals surface area contributed by atoms with E-state index in [0.717, 1.165) is 22.1 Å². The molecule has 7 nitrogen and oxygen atoms in total. The molecule has 120 valence electrons. The van der Waals surface area contributed by atoms with Gasteiger partial charge in [0.1, 0.15) is 5.75 Å². The Morgan fingerprint density at radius 3 is 2.33 bits per heavy atom. The normalized spacial score (nSPS) is 12.2. The highest BCUT2D eigenvalue weighted by molar-refractivity contribution is 7.81. The van der Waals surface area contributed by atoms with Gasteiger partial charge in [-0.15, -0.1) is 0 Å². The fraction of sp³-hybridized carbons (Fsp3) is 0. The van der Waals surface area contributed by atoms with Crippen molar-refractivity contribution in [1.29, 1.82) is 0 Å². The first kappa shape index (κ1) is 14.6. The Kier molecular flexibility index (Phi) is 2.90. The fourth-order valence-corrected chi connectivity index (χ4v) is 3.49. The van der Waals surface area contributed by atoms with Crippen LogP contribution in [0.3, 0.4) is 0 Å². The van der Waals surface area contributed by atoms with E-state index in [2.05, 4.69) is 4.18 Å². The van der Waals surface area contributed by atoms with Crippen LogP contribution >= 0.6 is 0 Å². The number of rotatable bonds is 3. The van der Waals surface area contributed by atoms with Crippen LogP contribution in [0.15, 0.2) is 48.5 Å². The van der Waals surface area contributed by atoms with Crippen molar-refractivity contribution in [2.24, 2.45) is 0 Å². The van der Waals surface area contributed by atoms with E-state index in [1.807, 2.05) is 6.07 Å². The van der Waals surface area contributed by atoms with Crippen LogP contribution in [0.5, 0.6) is 5.75 Å². The van der Waals surface area contributed by atoms with Gasteiger partial charge in [-0.05, 0) is 52.6 Å². The van der Waals surface area contributed by atoms with Gasteiger partial charge in [0.15, 0.2) is 0 Å². The summed E-state index contributed by atoms with van der Waals surface area (Å²) in [6.07, 6.45) is 0. The van der Waals surface area contributed by atoms with Crippen molar-refractivity contribution in [3.63, 3.8) is 0 Å². The van der Waals surface area contributed by atoms with Crippen LogP contribution in [0.25, 0.3) is 33.0 Å². The second-order valence-corrected chi connectivity index (χ2v) is 6.30. The molecule has 0 amide bonds. The number of nitro groups is 1. The van der Waals surface area contributed by atoms with Crippen molar-refractivity contribution >= 4 is 26.9 Å². The van der Waals surface area contributed by atoms with Gasteiger partial charge in [0.05, 0.1) is 10.3 Å². The molecule has 0 aromatic heterocycles. The zero-order valence-corrected chi connectivity index (χ0v) is 12.7. The van der Waals surface area contributed by atoms with Crippen molar-refractivity contribution in [2.75, 3.05) is 0 Å². The predicted octanol–water partition coefficient (Wildman–Crippen LogP) is 3.23. The minimum Gasteiger partial charge on any atom is -0.716 e. The number of benzene rings is 3. The summed E-state index contributed by atoms with van der Waals surface area (Å²) in [5.74, 6) is -0.0944. The lowest BCUT2D eigenvalue weighted by atomic mass is 10.0. The third kappa shape index (κ3) is 2.12. The lowest BCUT2D eigenvalue weighted by Crippen LogP contribution is -2.06. The summed E-state index contributed by atoms with van der Waals surface area (Å²) in [4.78, 5) is 10.8. The third-order valence-electron chi connectivity index (χ3n) is 3.98. The molecule has 1 aliphatic rings. The average molecular weight is 342 g/mol. The minimum absolute atomic E-state index is 0.00187. The van der Waals surface area contributed by atoms with E-state index >= 15 is 0 Å². The molecule has 0 saturated carbocycles. The fourth-order valence-electron chi connectivity index (χ4n) is 3.15. The van der Waals surface area contributed by atoms with Crippen LogP contribution in [-0.4, -0.2) is 17.9 Å². The first-order valence-corrected chi connectivity index (χ1v) is 8.19. The molecular weight excluding hydrogens is 334 g/mol. The van der Waals surface area contributed by atoms with Gasteiger partial charge in [-0.25, -0.2) is 8.42 Å². The number of fused-ring (bicyclic) bond motifs is 3. The van der Waals surface area contributed by atoms with Gasteiger partial charge in [0, 0.05) is 11.5 Å². The monoisotopic (exact) mass is 342 g/mol. The molecular formula is C16H8NO6S-. The second kappa shape index (κ2) is 4.76. The zero-order chi connectivity index (χ0) is 17.1. The van der Waals surface area contributed by atoms with Gasteiger partial charge in [0.25, 0.3) is 16.1 Å². The quantitative estimate of drug-likeness (QED) is 0.245. The SMILES string of the molecule is O=[N+]([O-])c1ccc2c3c(cccc13)-c1ccc(OS(=O)(=O)[O-])cc1-2. The molecule has 0 heterocycles. The summed E-state index contributed by atoms with van der Waals surface area (Å²) in [6.45, 7) is 0. The van der Waals surface area contributed by atoms with Crippen LogP contribution < -0.4 is 4.18 Å². The molecule has 1 aliphatic carbocycles. The van der Waals surface area contributed by atoms with E-state index in [-0.39, 0.29) is 11.4 Å². The summed E-state index contributed by atoms with van der Waals surface area (Å²) in [5.41, 5.74) is 3.01. The average Bonchev–Trinajstić information content (AvgIpc) is 2.82. The van der Waals surface area contributed by atoms with Crippen molar-refractivity contribution in [1.82, 2.24) is 0 Å². The first-order chi connectivity index (χ1) is 11.3. The molecule has 4 rings (SSSR count). The Balaban J connectivity index is 2.00. The maximum Gasteiger partial charge on any atom is 0.277 e. The van der Waals surface area contributed by atoms with Crippen LogP contribution in [-0.2, 0) is 10.4 Å². The number of nitrogens with zero attached hydrogens (tertiary/aromatic N) is 1. The van der Waals surface area contributed by atoms with E-state index in [1.54, 1.807) is 24.3 Å². The Morgan fingerprint density at radius 1 is 0.917 bits per heavy atom. The molecule has 8 heteroatoms. The maximum absolute atomic E-state index is 11.2. The lowest BCUT2D eigenvalue weighted by Gasteiger charge is -2.10. The molecule has 0 atom stereocenters. The number of hydrogen-bond acceptors (Lipinski definition) is 6. The molecule has 0 fully saturated rings. The van der Waals surface area contributed by atoms with E-state index in [9.17, 15) is 23.1 Å². The molecule has 0 spiro atoms. The summed E-state index contributed by atoms with van der Waals surface area (Å²) >= 11 is 0. The maximum atomic E-state index is 11.2. The summed E-state index contributed by atoms with van der Waals surface area (Å²) < 4.78 is 36.7. The van der Waals surface area contributed by atoms with Crippen molar-refractivity contribution in [3.05, 3.63) is 58.6 Å². The van der Waals surface area contributed by atoms with Gasteiger partial charge < -0.3 is 8.74 Å². The van der Waals surface area contributed by atoms with Crippen LogP contribution in [0.1, 0.15) is 0 Å². The Morgan fingerprint density at radius 2 is 1.62 bits per heavy atom. The van der Waals surface area contributed by atoms with Gasteiger partial charge in [-0.2, -0.15) is 0 Å². The standard InChI is InChI=1S/C16H9NO6S/c18-17(19)15-7-6-12-14-8-9(23-24(20,21)22)4-5-10(14)11-2-1-3-13(15)16(11)12/h1-8H,(H,20,21,22)/p-1. The van der Waals surface area contributed by atoms with Crippen molar-refractivity contribution in [3.8, 4) is 28.0 Å². The van der Waals surface area contributed by atoms with Gasteiger partial charge in [0.2, 0.25) is 0 Å². The van der Waals surface area contributed by atoms with Gasteiger partial charge >= 0.3 is 0 Å². The Labute approximate surface area is 136 Å². The third-order valence-corrected chi connectivity index (χ3v) is 4.38. The highest BCUT2D eigenvalue weighted by Gasteiger charge is 2.25. The Bertz CT molecular complexity index is 1140. The minimum atomic E-state index is -4.87. The molecule has 24 heavy (non-hydrogen) atoms. The first-order valence-electron chi connectivity index (χ1n) is 6.85. The predicted molar refractivity (Wildman–Crippen MR) is 85.4 cm³/mol. The molecule has 0 aliphatic heterocycles. The van der Waals surface area contributed by atoms with Crippen LogP contribution in [0.2, 0.25) is 0 Å². The lowest BCUT2D eigenvalue weighted by molar-refractivity contribution is -0.383. The number of nitro benzene ring substituents is 1. The van der Waals surface area contributed by atoms with Crippen molar-refractivity contribution in [2.45, 2.75) is 0 Å². The second-order valence-electron chi connectivity index (χ2n) is 5.32.